The third-order valence-corrected chi connectivity index (χ3v) is 5.71. The number of aliphatic hydroxyl groups excluding tert-OH is 2. The molecule has 2 aliphatic rings. The first-order chi connectivity index (χ1) is 11.2. The molecular weight excluding hydrogens is 302 g/mol. The number of aliphatic hydroxyl groups is 2. The highest BCUT2D eigenvalue weighted by atomic mass is 16.3. The average molecular weight is 342 g/mol. The van der Waals surface area contributed by atoms with Crippen molar-refractivity contribution in [2.75, 3.05) is 58.9 Å². The largest absolute Gasteiger partial charge is 0.391 e. The van der Waals surface area contributed by atoms with Crippen molar-refractivity contribution in [1.82, 2.24) is 14.7 Å². The molecule has 5 nitrogen and oxygen atoms in total. The lowest BCUT2D eigenvalue weighted by molar-refractivity contribution is 0.00341. The van der Waals surface area contributed by atoms with Gasteiger partial charge in [0.2, 0.25) is 0 Å². The fraction of sp³-hybridized carbons (Fsp3) is 1.00. The van der Waals surface area contributed by atoms with E-state index in [0.29, 0.717) is 0 Å². The molecule has 0 saturated carbocycles. The number of likely N-dealkylation sites (tertiary alicyclic amines) is 1. The highest BCUT2D eigenvalue weighted by Crippen LogP contribution is 2.20. The molecule has 0 aromatic rings. The smallest absolute Gasteiger partial charge is 0.0793 e. The summed E-state index contributed by atoms with van der Waals surface area (Å²) in [5.74, 6) is 0.843. The third kappa shape index (κ3) is 6.60. The van der Waals surface area contributed by atoms with Crippen LogP contribution in [-0.2, 0) is 0 Å². The maximum Gasteiger partial charge on any atom is 0.0793 e. The van der Waals surface area contributed by atoms with Crippen molar-refractivity contribution in [1.29, 1.82) is 0 Å². The van der Waals surface area contributed by atoms with Gasteiger partial charge in [0.15, 0.2) is 0 Å². The van der Waals surface area contributed by atoms with Gasteiger partial charge in [-0.3, -0.25) is 9.80 Å². The van der Waals surface area contributed by atoms with E-state index >= 15 is 0 Å². The van der Waals surface area contributed by atoms with Gasteiger partial charge < -0.3 is 15.1 Å². The average Bonchev–Trinajstić information content (AvgIpc) is 2.50. The molecule has 142 valence electrons. The maximum atomic E-state index is 10.4. The van der Waals surface area contributed by atoms with Crippen molar-refractivity contribution < 1.29 is 10.2 Å². The summed E-state index contributed by atoms with van der Waals surface area (Å²) in [5, 5.41) is 20.7. The van der Waals surface area contributed by atoms with Gasteiger partial charge in [-0.05, 0) is 37.3 Å². The van der Waals surface area contributed by atoms with E-state index in [9.17, 15) is 10.2 Å². The number of piperazine rings is 1. The highest BCUT2D eigenvalue weighted by Gasteiger charge is 2.27. The van der Waals surface area contributed by atoms with Crippen LogP contribution in [0.3, 0.4) is 0 Å². The molecule has 0 aromatic heterocycles. The van der Waals surface area contributed by atoms with Gasteiger partial charge in [0.1, 0.15) is 0 Å². The molecule has 0 spiro atoms. The summed E-state index contributed by atoms with van der Waals surface area (Å²) in [6, 6.07) is 0. The van der Waals surface area contributed by atoms with Gasteiger partial charge in [-0.2, -0.15) is 0 Å². The Morgan fingerprint density at radius 2 is 1.21 bits per heavy atom. The zero-order valence-electron chi connectivity index (χ0n) is 16.2. The zero-order valence-corrected chi connectivity index (χ0v) is 16.2. The Labute approximate surface area is 148 Å². The Kier molecular flexibility index (Phi) is 7.50. The van der Waals surface area contributed by atoms with E-state index in [2.05, 4.69) is 42.4 Å². The lowest BCUT2D eigenvalue weighted by Gasteiger charge is -2.39. The number of nitrogens with zero attached hydrogens (tertiary/aromatic N) is 3. The molecule has 2 N–H and O–H groups in total. The first-order valence-electron chi connectivity index (χ1n) is 9.77. The Morgan fingerprint density at radius 3 is 1.67 bits per heavy atom. The summed E-state index contributed by atoms with van der Waals surface area (Å²) in [5.41, 5.74) is -0.0563. The van der Waals surface area contributed by atoms with Crippen LogP contribution in [-0.4, -0.2) is 96.0 Å². The Morgan fingerprint density at radius 1 is 0.792 bits per heavy atom. The van der Waals surface area contributed by atoms with E-state index in [1.165, 1.54) is 12.8 Å². The van der Waals surface area contributed by atoms with Crippen LogP contribution in [0.2, 0.25) is 0 Å². The minimum Gasteiger partial charge on any atom is -0.391 e. The van der Waals surface area contributed by atoms with Gasteiger partial charge in [0, 0.05) is 45.8 Å². The van der Waals surface area contributed by atoms with Gasteiger partial charge in [-0.15, -0.1) is 0 Å². The predicted octanol–water partition coefficient (Wildman–Crippen LogP) is 1.10. The lowest BCUT2D eigenvalue weighted by Crippen LogP contribution is -2.52. The van der Waals surface area contributed by atoms with Crippen LogP contribution >= 0.6 is 0 Å². The van der Waals surface area contributed by atoms with Gasteiger partial charge in [0.25, 0.3) is 0 Å². The van der Waals surface area contributed by atoms with Crippen LogP contribution in [0.1, 0.15) is 40.5 Å². The van der Waals surface area contributed by atoms with Crippen molar-refractivity contribution in [2.24, 2.45) is 11.3 Å². The second-order valence-electron chi connectivity index (χ2n) is 9.12. The molecule has 2 rings (SSSR count). The molecule has 0 amide bonds. The molecule has 24 heavy (non-hydrogen) atoms. The molecular formula is C19H39N3O2. The molecule has 0 bridgehead atoms. The minimum absolute atomic E-state index is 0.0563. The number of hydrogen-bond acceptors (Lipinski definition) is 5. The quantitative estimate of drug-likeness (QED) is 0.758. The van der Waals surface area contributed by atoms with Crippen molar-refractivity contribution >= 4 is 0 Å². The molecule has 2 atom stereocenters. The van der Waals surface area contributed by atoms with E-state index in [-0.39, 0.29) is 17.6 Å². The number of β-amino-alcohol motifs (C(OH)–C–C–N with tert-alkyl or cyclic N) is 2. The monoisotopic (exact) mass is 341 g/mol. The second-order valence-corrected chi connectivity index (χ2v) is 9.12. The molecule has 0 unspecified atom stereocenters. The normalized spacial score (nSPS) is 25.8. The van der Waals surface area contributed by atoms with Crippen molar-refractivity contribution in [3.05, 3.63) is 0 Å². The predicted molar refractivity (Wildman–Crippen MR) is 99.2 cm³/mol. The van der Waals surface area contributed by atoms with Crippen LogP contribution in [0.15, 0.2) is 0 Å². The summed E-state index contributed by atoms with van der Waals surface area (Å²) in [6.07, 6.45) is 2.00. The summed E-state index contributed by atoms with van der Waals surface area (Å²) >= 11 is 0. The van der Waals surface area contributed by atoms with Crippen LogP contribution in [0, 0.1) is 11.3 Å². The third-order valence-electron chi connectivity index (χ3n) is 5.71. The highest BCUT2D eigenvalue weighted by molar-refractivity contribution is 4.81. The lowest BCUT2D eigenvalue weighted by atomic mass is 9.89. The van der Waals surface area contributed by atoms with E-state index in [0.717, 1.165) is 64.8 Å². The first-order valence-corrected chi connectivity index (χ1v) is 9.77. The summed E-state index contributed by atoms with van der Waals surface area (Å²) < 4.78 is 0. The van der Waals surface area contributed by atoms with Gasteiger partial charge in [-0.25, -0.2) is 0 Å². The summed E-state index contributed by atoms with van der Waals surface area (Å²) in [4.78, 5) is 7.14. The molecule has 5 heteroatoms. The summed E-state index contributed by atoms with van der Waals surface area (Å²) in [7, 11) is 0. The van der Waals surface area contributed by atoms with E-state index < -0.39 is 0 Å². The molecule has 0 radical (unpaired) electrons. The van der Waals surface area contributed by atoms with Gasteiger partial charge in [0.05, 0.1) is 12.2 Å². The zero-order chi connectivity index (χ0) is 17.7. The van der Waals surface area contributed by atoms with Crippen LogP contribution in [0.4, 0.5) is 0 Å². The topological polar surface area (TPSA) is 50.2 Å². The standard InChI is InChI=1S/C19H39N3O2/c1-16-5-7-20(8-6-16)13-17(23)14-21-9-11-22(12-10-21)15-18(24)19(2,3)4/h16-18,23-24H,5-15H2,1-4H3/t17-,18+/m0/s1. The number of hydrogen-bond donors (Lipinski definition) is 2. The minimum atomic E-state index is -0.281. The molecule has 2 heterocycles. The summed E-state index contributed by atoms with van der Waals surface area (Å²) in [6.45, 7) is 17.2. The van der Waals surface area contributed by atoms with Crippen molar-refractivity contribution in [3.8, 4) is 0 Å². The Hall–Kier alpha value is -0.200. The van der Waals surface area contributed by atoms with Crippen LogP contribution in [0.25, 0.3) is 0 Å². The Bertz CT molecular complexity index is 356. The number of piperidine rings is 1. The molecule has 2 saturated heterocycles. The van der Waals surface area contributed by atoms with E-state index in [1.54, 1.807) is 0 Å². The molecule has 0 aliphatic carbocycles. The molecule has 2 fully saturated rings. The van der Waals surface area contributed by atoms with Gasteiger partial charge >= 0.3 is 0 Å². The Balaban J connectivity index is 1.63. The fourth-order valence-corrected chi connectivity index (χ4v) is 3.57. The van der Waals surface area contributed by atoms with E-state index in [4.69, 9.17) is 0 Å². The van der Waals surface area contributed by atoms with Gasteiger partial charge in [-0.1, -0.05) is 27.7 Å². The van der Waals surface area contributed by atoms with Crippen LogP contribution in [0.5, 0.6) is 0 Å². The van der Waals surface area contributed by atoms with E-state index in [1.807, 2.05) is 0 Å². The fourth-order valence-electron chi connectivity index (χ4n) is 3.57. The van der Waals surface area contributed by atoms with Crippen LogP contribution < -0.4 is 0 Å². The first kappa shape index (κ1) is 20.1. The van der Waals surface area contributed by atoms with Crippen molar-refractivity contribution in [3.63, 3.8) is 0 Å². The van der Waals surface area contributed by atoms with Crippen molar-refractivity contribution in [2.45, 2.75) is 52.7 Å². The molecule has 0 aromatic carbocycles. The number of rotatable bonds is 6. The maximum absolute atomic E-state index is 10.4. The molecule has 2 aliphatic heterocycles. The SMILES string of the molecule is CC1CCN(C[C@H](O)CN2CCN(C[C@@H](O)C(C)(C)C)CC2)CC1. The second kappa shape index (κ2) is 8.95.